The van der Waals surface area contributed by atoms with E-state index >= 15 is 0 Å². The largest absolute Gasteiger partial charge is 0.478 e. The molecule has 4 fully saturated rings. The number of aryl methyl sites for hydroxylation is 1. The number of rotatable bonds is 2. The van der Waals surface area contributed by atoms with E-state index in [1.807, 2.05) is 13.0 Å². The lowest BCUT2D eigenvalue weighted by Gasteiger charge is -2.56. The number of nitrogens with one attached hydrogen (secondary N) is 1. The predicted molar refractivity (Wildman–Crippen MR) is 72.3 cm³/mol. The summed E-state index contributed by atoms with van der Waals surface area (Å²) >= 11 is 0. The quantitative estimate of drug-likeness (QED) is 0.854. The van der Waals surface area contributed by atoms with E-state index in [4.69, 9.17) is 0 Å². The third-order valence-electron chi connectivity index (χ3n) is 5.75. The molecule has 0 spiro atoms. The molecule has 19 heavy (non-hydrogen) atoms. The van der Waals surface area contributed by atoms with E-state index in [0.29, 0.717) is 5.56 Å². The number of aromatic carboxylic acids is 1. The van der Waals surface area contributed by atoms with Crippen LogP contribution < -0.4 is 0 Å². The molecule has 0 atom stereocenters. The van der Waals surface area contributed by atoms with Crippen LogP contribution in [0.2, 0.25) is 0 Å². The lowest BCUT2D eigenvalue weighted by Crippen LogP contribution is -2.49. The highest BCUT2D eigenvalue weighted by atomic mass is 16.4. The topological polar surface area (TPSA) is 53.1 Å². The van der Waals surface area contributed by atoms with Crippen LogP contribution in [0, 0.1) is 24.7 Å². The summed E-state index contributed by atoms with van der Waals surface area (Å²) in [6.07, 6.45) is 7.79. The summed E-state index contributed by atoms with van der Waals surface area (Å²) in [6.45, 7) is 1.97. The Kier molecular flexibility index (Phi) is 2.22. The molecule has 5 rings (SSSR count). The third kappa shape index (κ3) is 1.60. The van der Waals surface area contributed by atoms with E-state index in [1.165, 1.54) is 38.5 Å². The molecule has 0 unspecified atom stereocenters. The lowest BCUT2D eigenvalue weighted by molar-refractivity contribution is -0.00763. The molecule has 4 aliphatic rings. The number of hydrogen-bond donors (Lipinski definition) is 2. The van der Waals surface area contributed by atoms with Crippen molar-refractivity contribution < 1.29 is 9.90 Å². The molecule has 4 bridgehead atoms. The van der Waals surface area contributed by atoms with Gasteiger partial charge in [0.2, 0.25) is 0 Å². The summed E-state index contributed by atoms with van der Waals surface area (Å²) in [5.41, 5.74) is 2.70. The second-order valence-corrected chi connectivity index (χ2v) is 7.24. The van der Waals surface area contributed by atoms with E-state index < -0.39 is 5.97 Å². The Hall–Kier alpha value is -1.25. The van der Waals surface area contributed by atoms with E-state index in [-0.39, 0.29) is 5.41 Å². The first-order valence-electron chi connectivity index (χ1n) is 7.49. The van der Waals surface area contributed by atoms with E-state index in [9.17, 15) is 9.90 Å². The van der Waals surface area contributed by atoms with Gasteiger partial charge in [-0.3, -0.25) is 0 Å². The molecule has 1 heterocycles. The zero-order valence-corrected chi connectivity index (χ0v) is 11.4. The van der Waals surface area contributed by atoms with Gasteiger partial charge in [0, 0.05) is 16.8 Å². The van der Waals surface area contributed by atoms with Crippen molar-refractivity contribution in [2.75, 3.05) is 0 Å². The maximum absolute atomic E-state index is 11.5. The molecule has 102 valence electrons. The van der Waals surface area contributed by atoms with Crippen molar-refractivity contribution in [3.05, 3.63) is 23.0 Å². The minimum atomic E-state index is -0.768. The summed E-state index contributed by atoms with van der Waals surface area (Å²) in [5.74, 6) is 1.76. The standard InChI is InChI=1S/C16H21NO2/c1-9-2-13(15(18)19)14(17-9)16-6-10-3-11(7-16)5-12(4-10)8-16/h2,10-12,17H,3-8H2,1H3,(H,18,19). The van der Waals surface area contributed by atoms with Gasteiger partial charge in [-0.2, -0.15) is 0 Å². The minimum Gasteiger partial charge on any atom is -0.478 e. The molecule has 4 aliphatic carbocycles. The molecule has 0 radical (unpaired) electrons. The van der Waals surface area contributed by atoms with Crippen LogP contribution in [-0.4, -0.2) is 16.1 Å². The number of carboxylic acids is 1. The van der Waals surface area contributed by atoms with Gasteiger partial charge in [0.15, 0.2) is 0 Å². The Bertz CT molecular complexity index is 508. The number of carboxylic acid groups (broad SMARTS) is 1. The Morgan fingerprint density at radius 3 is 2.21 bits per heavy atom. The number of H-pyrrole nitrogens is 1. The van der Waals surface area contributed by atoms with Gasteiger partial charge in [0.25, 0.3) is 0 Å². The zero-order chi connectivity index (χ0) is 13.2. The van der Waals surface area contributed by atoms with Gasteiger partial charge >= 0.3 is 5.97 Å². The number of carbonyl (C=O) groups is 1. The van der Waals surface area contributed by atoms with Crippen LogP contribution in [0.3, 0.4) is 0 Å². The maximum Gasteiger partial charge on any atom is 0.337 e. The van der Waals surface area contributed by atoms with E-state index in [1.54, 1.807) is 0 Å². The normalized spacial score (nSPS) is 39.7. The van der Waals surface area contributed by atoms with Gasteiger partial charge in [-0.05, 0) is 69.3 Å². The Labute approximate surface area is 113 Å². The van der Waals surface area contributed by atoms with Crippen molar-refractivity contribution >= 4 is 5.97 Å². The molecule has 3 heteroatoms. The lowest BCUT2D eigenvalue weighted by atomic mass is 9.48. The first-order valence-corrected chi connectivity index (χ1v) is 7.49. The van der Waals surface area contributed by atoms with Crippen molar-refractivity contribution in [2.24, 2.45) is 17.8 Å². The fraction of sp³-hybridized carbons (Fsp3) is 0.688. The van der Waals surface area contributed by atoms with Gasteiger partial charge in [-0.1, -0.05) is 0 Å². The van der Waals surface area contributed by atoms with E-state index in [2.05, 4.69) is 4.98 Å². The summed E-state index contributed by atoms with van der Waals surface area (Å²) in [4.78, 5) is 14.9. The van der Waals surface area contributed by atoms with Crippen LogP contribution in [0.1, 0.15) is 60.3 Å². The summed E-state index contributed by atoms with van der Waals surface area (Å²) in [5, 5.41) is 9.46. The van der Waals surface area contributed by atoms with Gasteiger partial charge < -0.3 is 10.1 Å². The fourth-order valence-electron chi connectivity index (χ4n) is 5.59. The van der Waals surface area contributed by atoms with Crippen LogP contribution in [0.25, 0.3) is 0 Å². The molecule has 3 nitrogen and oxygen atoms in total. The zero-order valence-electron chi connectivity index (χ0n) is 11.4. The number of aromatic amines is 1. The summed E-state index contributed by atoms with van der Waals surface area (Å²) in [7, 11) is 0. The Morgan fingerprint density at radius 2 is 1.74 bits per heavy atom. The van der Waals surface area contributed by atoms with Crippen molar-refractivity contribution in [1.82, 2.24) is 4.98 Å². The highest BCUT2D eigenvalue weighted by molar-refractivity contribution is 5.89. The van der Waals surface area contributed by atoms with Crippen LogP contribution in [0.15, 0.2) is 6.07 Å². The van der Waals surface area contributed by atoms with Crippen molar-refractivity contribution in [3.63, 3.8) is 0 Å². The van der Waals surface area contributed by atoms with E-state index in [0.717, 1.165) is 29.1 Å². The van der Waals surface area contributed by atoms with Crippen molar-refractivity contribution in [2.45, 2.75) is 50.9 Å². The van der Waals surface area contributed by atoms with Gasteiger partial charge in [0.1, 0.15) is 0 Å². The highest BCUT2D eigenvalue weighted by Crippen LogP contribution is 2.60. The molecule has 1 aromatic heterocycles. The molecule has 0 aliphatic heterocycles. The fourth-order valence-corrected chi connectivity index (χ4v) is 5.59. The summed E-state index contributed by atoms with van der Waals surface area (Å²) in [6, 6.07) is 1.82. The highest BCUT2D eigenvalue weighted by Gasteiger charge is 2.53. The third-order valence-corrected chi connectivity index (χ3v) is 5.75. The Morgan fingerprint density at radius 1 is 1.21 bits per heavy atom. The molecule has 0 amide bonds. The van der Waals surface area contributed by atoms with Gasteiger partial charge in [0.05, 0.1) is 5.56 Å². The van der Waals surface area contributed by atoms with Crippen LogP contribution in [0.4, 0.5) is 0 Å². The van der Waals surface area contributed by atoms with Gasteiger partial charge in [-0.25, -0.2) is 4.79 Å². The second-order valence-electron chi connectivity index (χ2n) is 7.24. The minimum absolute atomic E-state index is 0.150. The summed E-state index contributed by atoms with van der Waals surface area (Å²) < 4.78 is 0. The molecule has 0 saturated heterocycles. The number of aromatic nitrogens is 1. The van der Waals surface area contributed by atoms with Crippen molar-refractivity contribution in [3.8, 4) is 0 Å². The molecule has 4 saturated carbocycles. The monoisotopic (exact) mass is 259 g/mol. The number of hydrogen-bond acceptors (Lipinski definition) is 1. The first kappa shape index (κ1) is 11.6. The molecular weight excluding hydrogens is 238 g/mol. The average Bonchev–Trinajstić information content (AvgIpc) is 2.70. The predicted octanol–water partition coefficient (Wildman–Crippen LogP) is 3.49. The SMILES string of the molecule is Cc1cc(C(=O)O)c(C23CC4CC(CC(C4)C2)C3)[nH]1. The smallest absolute Gasteiger partial charge is 0.337 e. The Balaban J connectivity index is 1.81. The average molecular weight is 259 g/mol. The molecular formula is C16H21NO2. The first-order chi connectivity index (χ1) is 9.06. The van der Waals surface area contributed by atoms with Crippen LogP contribution >= 0.6 is 0 Å². The van der Waals surface area contributed by atoms with Gasteiger partial charge in [-0.15, -0.1) is 0 Å². The molecule has 0 aromatic carbocycles. The second kappa shape index (κ2) is 3.65. The van der Waals surface area contributed by atoms with Crippen LogP contribution in [0.5, 0.6) is 0 Å². The van der Waals surface area contributed by atoms with Crippen molar-refractivity contribution in [1.29, 1.82) is 0 Å². The molecule has 2 N–H and O–H groups in total. The van der Waals surface area contributed by atoms with Crippen LogP contribution in [-0.2, 0) is 5.41 Å². The molecule has 1 aromatic rings. The maximum atomic E-state index is 11.5.